The number of para-hydroxylation sites is 2. The van der Waals surface area contributed by atoms with Gasteiger partial charge in [0.2, 0.25) is 0 Å². The summed E-state index contributed by atoms with van der Waals surface area (Å²) in [6.07, 6.45) is -0.995. The number of carbonyl (C=O) groups is 2. The molecule has 0 aliphatic carbocycles. The average Bonchev–Trinajstić information content (AvgIpc) is 3.18. The van der Waals surface area contributed by atoms with Gasteiger partial charge >= 0.3 is 28.8 Å². The SMILES string of the molecule is CC(C)c1cc(C(C)C)c(C(C)C)c([O-])c1OC(=O)O.CC(C)c1cc(C(C)C)c(C(C)C)c([O-])c1OC(=O)O.CC(C=Nc1c(C(C)C)cccc1C(C)C)=Nc1c(C)cccc1C.[Ni+2]. The maximum absolute atomic E-state index is 12.6. The Morgan fingerprint density at radius 3 is 1.12 bits per heavy atom. The van der Waals surface area contributed by atoms with Crippen LogP contribution in [0.2, 0.25) is 0 Å². The van der Waals surface area contributed by atoms with Gasteiger partial charge in [0.05, 0.1) is 17.1 Å². The molecule has 4 aromatic rings. The number of hydrogen-bond donors (Lipinski definition) is 2. The normalized spacial score (nSPS) is 11.7. The number of hydrogen-bond acceptors (Lipinski definition) is 8. The molecule has 66 heavy (non-hydrogen) atoms. The van der Waals surface area contributed by atoms with E-state index in [0.29, 0.717) is 34.1 Å². The van der Waals surface area contributed by atoms with Gasteiger partial charge in [-0.3, -0.25) is 9.98 Å². The zero-order chi connectivity index (χ0) is 49.8. The molecule has 0 saturated heterocycles. The second kappa shape index (κ2) is 26.3. The second-order valence-corrected chi connectivity index (χ2v) is 19.3. The Bertz CT molecular complexity index is 2180. The Kier molecular flexibility index (Phi) is 23.4. The van der Waals surface area contributed by atoms with Gasteiger partial charge in [-0.1, -0.05) is 171 Å². The summed E-state index contributed by atoms with van der Waals surface area (Å²) in [6, 6.07) is 16.6. The van der Waals surface area contributed by atoms with E-state index in [0.717, 1.165) is 28.2 Å². The van der Waals surface area contributed by atoms with Gasteiger partial charge in [0.15, 0.2) is 0 Å². The quantitative estimate of drug-likeness (QED) is 0.0579. The van der Waals surface area contributed by atoms with E-state index in [2.05, 4.69) is 77.9 Å². The van der Waals surface area contributed by atoms with Crippen molar-refractivity contribution in [3.05, 3.63) is 104 Å². The van der Waals surface area contributed by atoms with Gasteiger partial charge in [-0.15, -0.1) is 0 Å². The Morgan fingerprint density at radius 2 is 0.833 bits per heavy atom. The molecule has 11 heteroatoms. The van der Waals surface area contributed by atoms with Crippen LogP contribution in [0.15, 0.2) is 58.5 Å². The smallest absolute Gasteiger partial charge is 0.870 e. The minimum Gasteiger partial charge on any atom is -0.870 e. The summed E-state index contributed by atoms with van der Waals surface area (Å²) >= 11 is 0. The predicted molar refractivity (Wildman–Crippen MR) is 265 cm³/mol. The van der Waals surface area contributed by atoms with Crippen molar-refractivity contribution in [1.82, 2.24) is 0 Å². The monoisotopic (exact) mass is 950 g/mol. The molecule has 0 aromatic heterocycles. The molecular formula is C55H76N2NiO8. The number of ether oxygens (including phenoxy) is 2. The summed E-state index contributed by atoms with van der Waals surface area (Å²) in [6.45, 7) is 38.6. The Labute approximate surface area is 405 Å². The van der Waals surface area contributed by atoms with Gasteiger partial charge in [-0.2, -0.15) is 0 Å². The summed E-state index contributed by atoms with van der Waals surface area (Å²) in [4.78, 5) is 31.3. The summed E-state index contributed by atoms with van der Waals surface area (Å²) in [5.74, 6) is 0.730. The van der Waals surface area contributed by atoms with Crippen LogP contribution in [0.1, 0.15) is 221 Å². The molecule has 2 N–H and O–H groups in total. The number of aliphatic imine (C=N–C) groups is 2. The fraction of sp³-hybridized carbons (Fsp3) is 0.491. The van der Waals surface area contributed by atoms with Gasteiger partial charge in [-0.05, 0) is 124 Å². The number of aryl methyl sites for hydroxylation is 2. The van der Waals surface area contributed by atoms with Crippen molar-refractivity contribution in [3.8, 4) is 23.0 Å². The van der Waals surface area contributed by atoms with Crippen LogP contribution in [-0.4, -0.2) is 34.5 Å². The number of rotatable bonds is 13. The Balaban J connectivity index is 0.000000496. The molecule has 0 amide bonds. The first-order chi connectivity index (χ1) is 30.1. The second-order valence-electron chi connectivity index (χ2n) is 19.3. The third-order valence-corrected chi connectivity index (χ3v) is 11.1. The molecule has 4 rings (SSSR count). The van der Waals surface area contributed by atoms with Crippen LogP contribution in [0.4, 0.5) is 21.0 Å². The topological polar surface area (TPSA) is 164 Å². The van der Waals surface area contributed by atoms with E-state index in [4.69, 9.17) is 29.7 Å². The van der Waals surface area contributed by atoms with Crippen LogP contribution in [-0.2, 0) is 16.5 Å². The van der Waals surface area contributed by atoms with Crippen LogP contribution in [0.5, 0.6) is 23.0 Å². The molecule has 0 fully saturated rings. The van der Waals surface area contributed by atoms with Crippen molar-refractivity contribution in [2.45, 2.75) is 179 Å². The molecule has 0 aliphatic heterocycles. The van der Waals surface area contributed by atoms with E-state index in [1.54, 1.807) is 0 Å². The van der Waals surface area contributed by atoms with Crippen molar-refractivity contribution in [2.75, 3.05) is 0 Å². The molecule has 0 unspecified atom stereocenters. The zero-order valence-electron chi connectivity index (χ0n) is 42.9. The van der Waals surface area contributed by atoms with Gasteiger partial charge < -0.3 is 29.9 Å². The maximum Gasteiger partial charge on any atom is 2.00 e. The van der Waals surface area contributed by atoms with E-state index in [1.165, 1.54) is 22.3 Å². The van der Waals surface area contributed by atoms with Gasteiger partial charge in [0.25, 0.3) is 0 Å². The molecule has 4 aromatic carbocycles. The molecule has 0 aliphatic rings. The molecule has 0 spiro atoms. The van der Waals surface area contributed by atoms with E-state index in [1.807, 2.05) is 108 Å². The third kappa shape index (κ3) is 15.7. The molecule has 10 nitrogen and oxygen atoms in total. The standard InChI is InChI=1S/C23H30N2.2C16H24O4.Ni/c1-15(2)20-12-9-13-21(16(3)4)23(20)24-14-19(7)25-22-17(5)10-8-11-18(22)6;2*1-8(2)11-7-12(9(3)4)15(20-16(18)19)14(17)13(11)10(5)6;/h8-16H,1-7H3;2*7-10,17H,1-6H3,(H,18,19);/q;;;+2/p-2. The minimum absolute atomic E-state index is 0. The molecule has 0 radical (unpaired) electrons. The van der Waals surface area contributed by atoms with E-state index in [-0.39, 0.29) is 75.0 Å². The fourth-order valence-corrected chi connectivity index (χ4v) is 7.79. The first-order valence-electron chi connectivity index (χ1n) is 23.0. The van der Waals surface area contributed by atoms with Crippen molar-refractivity contribution in [1.29, 1.82) is 0 Å². The first kappa shape index (κ1) is 58.9. The van der Waals surface area contributed by atoms with Crippen LogP contribution >= 0.6 is 0 Å². The van der Waals surface area contributed by atoms with Crippen molar-refractivity contribution >= 4 is 35.6 Å². The molecule has 0 bridgehead atoms. The Morgan fingerprint density at radius 1 is 0.515 bits per heavy atom. The predicted octanol–water partition coefficient (Wildman–Crippen LogP) is 15.4. The van der Waals surface area contributed by atoms with E-state index in [9.17, 15) is 19.8 Å². The largest absolute Gasteiger partial charge is 2.00 e. The van der Waals surface area contributed by atoms with Crippen molar-refractivity contribution in [2.24, 2.45) is 9.98 Å². The minimum atomic E-state index is -1.45. The first-order valence-corrected chi connectivity index (χ1v) is 23.0. The van der Waals surface area contributed by atoms with Crippen molar-refractivity contribution in [3.63, 3.8) is 0 Å². The zero-order valence-corrected chi connectivity index (χ0v) is 43.9. The third-order valence-electron chi connectivity index (χ3n) is 11.1. The molecule has 0 saturated carbocycles. The van der Waals surface area contributed by atoms with E-state index < -0.39 is 12.3 Å². The number of nitrogens with zero attached hydrogens (tertiary/aromatic N) is 2. The molecule has 0 heterocycles. The average molecular weight is 952 g/mol. The van der Waals surface area contributed by atoms with Crippen LogP contribution in [0.3, 0.4) is 0 Å². The Hall–Kier alpha value is -5.15. The molecular weight excluding hydrogens is 875 g/mol. The molecule has 364 valence electrons. The fourth-order valence-electron chi connectivity index (χ4n) is 7.79. The molecule has 0 atom stereocenters. The maximum atomic E-state index is 12.6. The summed E-state index contributed by atoms with van der Waals surface area (Å²) in [5, 5.41) is 42.9. The van der Waals surface area contributed by atoms with Crippen LogP contribution in [0, 0.1) is 13.8 Å². The summed E-state index contributed by atoms with van der Waals surface area (Å²) < 4.78 is 9.53. The van der Waals surface area contributed by atoms with Gasteiger partial charge in [0, 0.05) is 6.21 Å². The summed E-state index contributed by atoms with van der Waals surface area (Å²) in [5.41, 5.74) is 12.6. The van der Waals surface area contributed by atoms with Gasteiger partial charge in [0.1, 0.15) is 11.5 Å². The number of carboxylic acid groups (broad SMARTS) is 2. The van der Waals surface area contributed by atoms with Gasteiger partial charge in [-0.25, -0.2) is 9.59 Å². The van der Waals surface area contributed by atoms with Crippen LogP contribution < -0.4 is 19.7 Å². The van der Waals surface area contributed by atoms with Crippen LogP contribution in [0.25, 0.3) is 0 Å². The number of benzene rings is 4. The van der Waals surface area contributed by atoms with Crippen molar-refractivity contribution < 1.29 is 56.0 Å². The summed E-state index contributed by atoms with van der Waals surface area (Å²) in [7, 11) is 0. The van der Waals surface area contributed by atoms with E-state index >= 15 is 0 Å².